The first kappa shape index (κ1) is 39.5. The van der Waals surface area contributed by atoms with E-state index in [1.807, 2.05) is 0 Å². The van der Waals surface area contributed by atoms with Crippen molar-refractivity contribution in [1.82, 2.24) is 4.98 Å². The van der Waals surface area contributed by atoms with E-state index in [1.54, 1.807) is 16.4 Å². The summed E-state index contributed by atoms with van der Waals surface area (Å²) in [6.07, 6.45) is 4.54. The van der Waals surface area contributed by atoms with Gasteiger partial charge in [-0.2, -0.15) is 0 Å². The molecule has 4 aromatic carbocycles. The van der Waals surface area contributed by atoms with Crippen molar-refractivity contribution in [3.05, 3.63) is 147 Å². The lowest BCUT2D eigenvalue weighted by molar-refractivity contribution is 0.510. The van der Waals surface area contributed by atoms with E-state index in [1.165, 1.54) is 49.7 Å². The van der Waals surface area contributed by atoms with Crippen molar-refractivity contribution >= 4 is 29.5 Å². The van der Waals surface area contributed by atoms with Crippen LogP contribution >= 0.6 is 7.92 Å². The van der Waals surface area contributed by atoms with Crippen LogP contribution < -0.4 is 21.2 Å². The number of fused-ring (bicyclic) bond motifs is 4. The molecule has 1 N–H and O–H groups in total. The van der Waals surface area contributed by atoms with E-state index in [2.05, 4.69) is 186 Å². The number of hydrogen-bond donors (Lipinski definition) is 1. The molecule has 1 aromatic heterocycles. The molecule has 1 spiro atoms. The summed E-state index contributed by atoms with van der Waals surface area (Å²) < 4.78 is 0. The molecule has 0 saturated carbocycles. The van der Waals surface area contributed by atoms with Crippen LogP contribution in [0.2, 0.25) is 0 Å². The van der Waals surface area contributed by atoms with E-state index in [-0.39, 0.29) is 27.1 Å². The third-order valence-electron chi connectivity index (χ3n) is 12.3. The molecular weight excluding hydrogens is 684 g/mol. The molecule has 3 heteroatoms. The first-order valence-electron chi connectivity index (χ1n) is 20.7. The summed E-state index contributed by atoms with van der Waals surface area (Å²) in [6, 6.07) is 36.0. The SMILES string of the molecule is Cc1cccc(CNc2cccc3c2C2(CC3)CCc3cccc(P(c4cc(C(C)(C)C)cc(C(C)(C)C)c4)c4cc(C(C)(C)C)cc(C(C)(C)C)c4)c32)n1. The van der Waals surface area contributed by atoms with Crippen LogP contribution in [0.15, 0.2) is 91.0 Å². The molecule has 2 aliphatic carbocycles. The molecule has 2 aliphatic rings. The molecule has 7 rings (SSSR count). The maximum absolute atomic E-state index is 4.85. The Balaban J connectivity index is 1.50. The average molecular weight is 749 g/mol. The first-order chi connectivity index (χ1) is 25.6. The molecule has 0 bridgehead atoms. The normalized spacial score (nSPS) is 17.2. The minimum absolute atomic E-state index is 0.0256. The van der Waals surface area contributed by atoms with E-state index in [0.29, 0.717) is 0 Å². The molecule has 0 aliphatic heterocycles. The largest absolute Gasteiger partial charge is 0.379 e. The second-order valence-electron chi connectivity index (χ2n) is 20.7. The molecule has 0 saturated heterocycles. The number of pyridine rings is 1. The third-order valence-corrected chi connectivity index (χ3v) is 14.7. The lowest BCUT2D eigenvalue weighted by Gasteiger charge is -2.35. The minimum atomic E-state index is -0.921. The zero-order valence-corrected chi connectivity index (χ0v) is 37.0. The van der Waals surface area contributed by atoms with Crippen LogP contribution in [-0.4, -0.2) is 4.98 Å². The van der Waals surface area contributed by atoms with E-state index >= 15 is 0 Å². The maximum Gasteiger partial charge on any atom is 0.0597 e. The lowest BCUT2D eigenvalue weighted by Crippen LogP contribution is -2.33. The quantitative estimate of drug-likeness (QED) is 0.175. The highest BCUT2D eigenvalue weighted by Crippen LogP contribution is 2.56. The first-order valence-corrected chi connectivity index (χ1v) is 22.0. The van der Waals surface area contributed by atoms with Gasteiger partial charge in [0.2, 0.25) is 0 Å². The summed E-state index contributed by atoms with van der Waals surface area (Å²) in [4.78, 5) is 4.85. The van der Waals surface area contributed by atoms with Crippen molar-refractivity contribution < 1.29 is 0 Å². The topological polar surface area (TPSA) is 24.9 Å². The summed E-state index contributed by atoms with van der Waals surface area (Å²) in [5.74, 6) is 0. The highest BCUT2D eigenvalue weighted by molar-refractivity contribution is 7.80. The predicted molar refractivity (Wildman–Crippen MR) is 240 cm³/mol. The number of anilines is 1. The fraction of sp³-hybridized carbons (Fsp3) is 0.442. The predicted octanol–water partition coefficient (Wildman–Crippen LogP) is 12.1. The number of aryl methyl sites for hydroxylation is 3. The fourth-order valence-corrected chi connectivity index (χ4v) is 11.8. The smallest absolute Gasteiger partial charge is 0.0597 e. The van der Waals surface area contributed by atoms with E-state index in [0.717, 1.165) is 43.6 Å². The van der Waals surface area contributed by atoms with Gasteiger partial charge in [0, 0.05) is 16.8 Å². The molecule has 5 aromatic rings. The zero-order valence-electron chi connectivity index (χ0n) is 36.1. The van der Waals surface area contributed by atoms with Crippen molar-refractivity contribution in [2.75, 3.05) is 5.32 Å². The monoisotopic (exact) mass is 748 g/mol. The molecule has 1 atom stereocenters. The molecule has 55 heavy (non-hydrogen) atoms. The minimum Gasteiger partial charge on any atom is -0.379 e. The van der Waals surface area contributed by atoms with Gasteiger partial charge in [0.15, 0.2) is 0 Å². The summed E-state index contributed by atoms with van der Waals surface area (Å²) in [6.45, 7) is 31.4. The van der Waals surface area contributed by atoms with Gasteiger partial charge in [0.1, 0.15) is 0 Å². The molecule has 1 heterocycles. The van der Waals surface area contributed by atoms with Crippen LogP contribution in [0.25, 0.3) is 0 Å². The number of nitrogens with one attached hydrogen (secondary N) is 1. The number of rotatable bonds is 6. The Hall–Kier alpha value is -3.74. The molecule has 0 fully saturated rings. The number of nitrogens with zero attached hydrogens (tertiary/aromatic N) is 1. The Morgan fingerprint density at radius 3 is 1.49 bits per heavy atom. The van der Waals surface area contributed by atoms with Gasteiger partial charge < -0.3 is 5.32 Å². The van der Waals surface area contributed by atoms with Crippen LogP contribution in [0.3, 0.4) is 0 Å². The lowest BCUT2D eigenvalue weighted by atomic mass is 9.76. The van der Waals surface area contributed by atoms with Gasteiger partial charge in [-0.3, -0.25) is 4.98 Å². The Bertz CT molecular complexity index is 2090. The highest BCUT2D eigenvalue weighted by Gasteiger charge is 2.48. The molecular formula is C52H65N2P. The van der Waals surface area contributed by atoms with Gasteiger partial charge in [-0.15, -0.1) is 0 Å². The second-order valence-corrected chi connectivity index (χ2v) is 22.9. The van der Waals surface area contributed by atoms with Gasteiger partial charge >= 0.3 is 0 Å². The second kappa shape index (κ2) is 14.0. The third kappa shape index (κ3) is 7.70. The van der Waals surface area contributed by atoms with Gasteiger partial charge in [-0.25, -0.2) is 0 Å². The van der Waals surface area contributed by atoms with E-state index < -0.39 is 7.92 Å². The van der Waals surface area contributed by atoms with Crippen LogP contribution in [0.1, 0.15) is 152 Å². The summed E-state index contributed by atoms with van der Waals surface area (Å²) in [7, 11) is -0.921. The van der Waals surface area contributed by atoms with Crippen molar-refractivity contribution in [2.45, 2.75) is 149 Å². The molecule has 0 radical (unpaired) electrons. The molecule has 1 unspecified atom stereocenters. The van der Waals surface area contributed by atoms with Crippen molar-refractivity contribution in [2.24, 2.45) is 0 Å². The van der Waals surface area contributed by atoms with Gasteiger partial charge in [-0.05, 0) is 141 Å². The number of benzene rings is 4. The van der Waals surface area contributed by atoms with E-state index in [4.69, 9.17) is 4.98 Å². The Labute approximate surface area is 334 Å². The number of aromatic nitrogens is 1. The summed E-state index contributed by atoms with van der Waals surface area (Å²) in [5, 5.41) is 8.42. The van der Waals surface area contributed by atoms with Crippen molar-refractivity contribution in [3.8, 4) is 0 Å². The molecule has 0 amide bonds. The van der Waals surface area contributed by atoms with Crippen LogP contribution in [-0.2, 0) is 46.5 Å². The number of hydrogen-bond acceptors (Lipinski definition) is 2. The van der Waals surface area contributed by atoms with Crippen molar-refractivity contribution in [3.63, 3.8) is 0 Å². The van der Waals surface area contributed by atoms with E-state index in [9.17, 15) is 0 Å². The van der Waals surface area contributed by atoms with Crippen molar-refractivity contribution in [1.29, 1.82) is 0 Å². The summed E-state index contributed by atoms with van der Waals surface area (Å²) >= 11 is 0. The standard InChI is InChI=1S/C52H65N2P/c1-34-17-14-20-41(54-34)33-53-44-21-15-18-35-23-25-52(46(35)44)26-24-36-19-16-22-45(47(36)52)55(42-29-37(48(2,3)4)27-38(30-42)49(5,6)7)43-31-39(50(8,9)10)28-40(32-43)51(11,12)13/h14-22,27-32,53H,23-26,33H2,1-13H3. The van der Waals surface area contributed by atoms with Crippen LogP contribution in [0.5, 0.6) is 0 Å². The maximum atomic E-state index is 4.85. The Kier molecular flexibility index (Phi) is 10.1. The fourth-order valence-electron chi connectivity index (χ4n) is 9.02. The molecule has 288 valence electrons. The molecule has 2 nitrogen and oxygen atoms in total. The summed E-state index contributed by atoms with van der Waals surface area (Å²) in [5.41, 5.74) is 15.4. The van der Waals surface area contributed by atoms with Gasteiger partial charge in [0.05, 0.1) is 12.2 Å². The zero-order chi connectivity index (χ0) is 39.7. The Morgan fingerprint density at radius 1 is 0.564 bits per heavy atom. The van der Waals surface area contributed by atoms with Gasteiger partial charge in [-0.1, -0.05) is 156 Å². The van der Waals surface area contributed by atoms with Crippen LogP contribution in [0, 0.1) is 6.92 Å². The highest BCUT2D eigenvalue weighted by atomic mass is 31.1. The van der Waals surface area contributed by atoms with Crippen LogP contribution in [0.4, 0.5) is 5.69 Å². The Morgan fingerprint density at radius 2 is 1.02 bits per heavy atom. The van der Waals surface area contributed by atoms with Gasteiger partial charge in [0.25, 0.3) is 0 Å². The average Bonchev–Trinajstić information content (AvgIpc) is 3.67.